The van der Waals surface area contributed by atoms with Crippen LogP contribution in [-0.2, 0) is 0 Å². The molecule has 0 fully saturated rings. The number of unbranched alkanes of at least 4 members (excludes halogenated alkanes) is 2. The van der Waals surface area contributed by atoms with Crippen LogP contribution in [0, 0.1) is 24.7 Å². The minimum absolute atomic E-state index is 0.131. The van der Waals surface area contributed by atoms with Crippen LogP contribution in [0.15, 0.2) is 48.5 Å². The molecule has 0 saturated heterocycles. The molecule has 332 valence electrons. The maximum Gasteiger partial charge on any atom is 0.126 e. The van der Waals surface area contributed by atoms with Gasteiger partial charge in [0.25, 0.3) is 0 Å². The molecule has 5 rings (SSSR count). The fourth-order valence-corrected chi connectivity index (χ4v) is 9.33. The summed E-state index contributed by atoms with van der Waals surface area (Å²) < 4.78 is 38.1. The van der Waals surface area contributed by atoms with Crippen molar-refractivity contribution < 1.29 is 38.6 Å². The Bertz CT molecular complexity index is 2190. The standard InChI is InChI=1S/C54H68O8/c1-11-17-19-25-61-53-33-52(60-10)44-29-45(53)36(22-14-4)40-27-41(49(57-7)31-48(40)56)35(21-13-3)39-28-42(50(58-8)32-47(39)55)37(23-15-5)43-30-46(38(44)24-16-6)54(34-51(43)59-9)62-26-20-18-12-2/h1-2,27-38,55-56H,13-26H2,3-10H3/t35-,36-,37-,38+/m1/s1. The van der Waals surface area contributed by atoms with E-state index in [1.807, 2.05) is 12.1 Å². The summed E-state index contributed by atoms with van der Waals surface area (Å²) in [6.07, 6.45) is 20.3. The quantitative estimate of drug-likeness (QED) is 0.0671. The van der Waals surface area contributed by atoms with Gasteiger partial charge in [0.1, 0.15) is 46.0 Å². The lowest BCUT2D eigenvalue weighted by Gasteiger charge is -2.31. The Morgan fingerprint density at radius 1 is 0.419 bits per heavy atom. The number of methoxy groups -OCH3 is 4. The summed E-state index contributed by atoms with van der Waals surface area (Å²) in [6.45, 7) is 9.54. The molecular formula is C54H68O8. The molecule has 1 aliphatic rings. The highest BCUT2D eigenvalue weighted by molar-refractivity contribution is 5.63. The van der Waals surface area contributed by atoms with Gasteiger partial charge < -0.3 is 38.6 Å². The first kappa shape index (κ1) is 47.4. The lowest BCUT2D eigenvalue weighted by Crippen LogP contribution is -2.14. The SMILES string of the molecule is C#CCCCOc1cc(OC)c2cc1[C@@H](CCC)c1cc(c(OCCCC#C)cc1OC)[C@H](CCC)c1cc(c(OC)cc1O)[C@H](CCC)c1cc(c(OC)cc1O)[C@H]2CCC. The maximum atomic E-state index is 12.1. The van der Waals surface area contributed by atoms with Gasteiger partial charge in [-0.2, -0.15) is 0 Å². The minimum atomic E-state index is -0.285. The van der Waals surface area contributed by atoms with Crippen molar-refractivity contribution in [2.24, 2.45) is 0 Å². The molecule has 1 aliphatic carbocycles. The van der Waals surface area contributed by atoms with E-state index in [1.165, 1.54) is 0 Å². The van der Waals surface area contributed by atoms with Crippen molar-refractivity contribution in [3.63, 3.8) is 0 Å². The molecule has 8 nitrogen and oxygen atoms in total. The molecule has 0 amide bonds. The smallest absolute Gasteiger partial charge is 0.126 e. The van der Waals surface area contributed by atoms with Crippen molar-refractivity contribution >= 4 is 0 Å². The molecule has 4 aromatic carbocycles. The van der Waals surface area contributed by atoms with Crippen molar-refractivity contribution in [1.29, 1.82) is 0 Å². The number of hydrogen-bond donors (Lipinski definition) is 2. The number of phenolic OH excluding ortho intramolecular Hbond substituents is 2. The molecule has 0 aliphatic heterocycles. The molecule has 0 heterocycles. The van der Waals surface area contributed by atoms with E-state index in [0.29, 0.717) is 74.1 Å². The fraction of sp³-hybridized carbons (Fsp3) is 0.481. The van der Waals surface area contributed by atoms with E-state index in [1.54, 1.807) is 40.6 Å². The van der Waals surface area contributed by atoms with Gasteiger partial charge in [0.15, 0.2) is 0 Å². The van der Waals surface area contributed by atoms with Crippen LogP contribution in [0.1, 0.15) is 173 Å². The number of rotatable bonds is 20. The lowest BCUT2D eigenvalue weighted by molar-refractivity contribution is 0.303. The maximum absolute atomic E-state index is 12.1. The highest BCUT2D eigenvalue weighted by Gasteiger charge is 2.34. The van der Waals surface area contributed by atoms with Crippen LogP contribution < -0.4 is 28.4 Å². The Kier molecular flexibility index (Phi) is 17.6. The van der Waals surface area contributed by atoms with Gasteiger partial charge in [-0.05, 0) is 62.8 Å². The number of fused-ring (bicyclic) bond motifs is 8. The Hall–Kier alpha value is -5.60. The molecule has 0 unspecified atom stereocenters. The summed E-state index contributed by atoms with van der Waals surface area (Å²) in [5.41, 5.74) is 7.29. The molecule has 4 atom stereocenters. The molecule has 62 heavy (non-hydrogen) atoms. The van der Waals surface area contributed by atoms with Crippen molar-refractivity contribution in [1.82, 2.24) is 0 Å². The predicted octanol–water partition coefficient (Wildman–Crippen LogP) is 12.8. The van der Waals surface area contributed by atoms with Gasteiger partial charge in [-0.1, -0.05) is 53.4 Å². The lowest BCUT2D eigenvalue weighted by atomic mass is 9.76. The van der Waals surface area contributed by atoms with Crippen molar-refractivity contribution in [2.45, 2.75) is 128 Å². The summed E-state index contributed by atoms with van der Waals surface area (Å²) in [6, 6.07) is 16.3. The van der Waals surface area contributed by atoms with Gasteiger partial charge >= 0.3 is 0 Å². The molecule has 0 saturated carbocycles. The summed E-state index contributed by atoms with van der Waals surface area (Å²) >= 11 is 0. The van der Waals surface area contributed by atoms with E-state index in [-0.39, 0.29) is 35.2 Å². The van der Waals surface area contributed by atoms with Crippen molar-refractivity contribution in [2.75, 3.05) is 41.7 Å². The Labute approximate surface area is 371 Å². The van der Waals surface area contributed by atoms with Crippen LogP contribution in [0.2, 0.25) is 0 Å². The van der Waals surface area contributed by atoms with E-state index in [2.05, 4.69) is 63.8 Å². The number of aromatic hydroxyl groups is 2. The van der Waals surface area contributed by atoms with E-state index in [9.17, 15) is 10.2 Å². The van der Waals surface area contributed by atoms with E-state index < -0.39 is 0 Å². The summed E-state index contributed by atoms with van der Waals surface area (Å²) in [5, 5.41) is 24.1. The van der Waals surface area contributed by atoms with Crippen LogP contribution in [0.5, 0.6) is 46.0 Å². The van der Waals surface area contributed by atoms with E-state index >= 15 is 0 Å². The van der Waals surface area contributed by atoms with Gasteiger partial charge in [-0.3, -0.25) is 0 Å². The number of terminal acetylenes is 2. The normalized spacial score (nSPS) is 16.7. The summed E-state index contributed by atoms with van der Waals surface area (Å²) in [7, 11) is 6.69. The highest BCUT2D eigenvalue weighted by Crippen LogP contribution is 2.53. The summed E-state index contributed by atoms with van der Waals surface area (Å²) in [4.78, 5) is 0. The zero-order chi connectivity index (χ0) is 44.8. The average molecular weight is 845 g/mol. The molecule has 0 radical (unpaired) electrons. The van der Waals surface area contributed by atoms with E-state index in [0.717, 1.165) is 95.2 Å². The molecular weight excluding hydrogens is 777 g/mol. The first-order chi connectivity index (χ1) is 30.2. The number of phenols is 2. The number of hydrogen-bond acceptors (Lipinski definition) is 8. The second kappa shape index (κ2) is 23.0. The molecule has 8 heteroatoms. The molecule has 0 spiro atoms. The topological polar surface area (TPSA) is 95.8 Å². The first-order valence-corrected chi connectivity index (χ1v) is 22.6. The van der Waals surface area contributed by atoms with Gasteiger partial charge in [-0.15, -0.1) is 24.7 Å². The van der Waals surface area contributed by atoms with Crippen LogP contribution in [0.3, 0.4) is 0 Å². The Morgan fingerprint density at radius 3 is 0.984 bits per heavy atom. The van der Waals surface area contributed by atoms with Gasteiger partial charge in [0.2, 0.25) is 0 Å². The zero-order valence-corrected chi connectivity index (χ0v) is 38.3. The zero-order valence-electron chi connectivity index (χ0n) is 38.3. The Morgan fingerprint density at radius 2 is 0.694 bits per heavy atom. The Balaban J connectivity index is 2.02. The number of ether oxygens (including phenoxy) is 6. The monoisotopic (exact) mass is 844 g/mol. The largest absolute Gasteiger partial charge is 0.508 e. The molecule has 4 aromatic rings. The fourth-order valence-electron chi connectivity index (χ4n) is 9.33. The van der Waals surface area contributed by atoms with Crippen LogP contribution in [0.4, 0.5) is 0 Å². The summed E-state index contributed by atoms with van der Waals surface area (Å²) in [5.74, 6) is 8.76. The van der Waals surface area contributed by atoms with Crippen LogP contribution in [-0.4, -0.2) is 51.9 Å². The van der Waals surface area contributed by atoms with Gasteiger partial charge in [0.05, 0.1) is 41.7 Å². The van der Waals surface area contributed by atoms with Crippen LogP contribution >= 0.6 is 0 Å². The number of benzene rings is 4. The average Bonchev–Trinajstić information content (AvgIpc) is 3.28. The third kappa shape index (κ3) is 10.4. The molecule has 8 bridgehead atoms. The molecule has 0 aromatic heterocycles. The first-order valence-electron chi connectivity index (χ1n) is 22.6. The third-order valence-corrected chi connectivity index (χ3v) is 12.2. The second-order valence-corrected chi connectivity index (χ2v) is 16.2. The third-order valence-electron chi connectivity index (χ3n) is 12.2. The van der Waals surface area contributed by atoms with Gasteiger partial charge in [-0.25, -0.2) is 0 Å². The predicted molar refractivity (Wildman–Crippen MR) is 249 cm³/mol. The van der Waals surface area contributed by atoms with E-state index in [4.69, 9.17) is 41.3 Å². The minimum Gasteiger partial charge on any atom is -0.508 e. The van der Waals surface area contributed by atoms with Crippen LogP contribution in [0.25, 0.3) is 0 Å². The highest BCUT2D eigenvalue weighted by atomic mass is 16.5. The second-order valence-electron chi connectivity index (χ2n) is 16.2. The van der Waals surface area contributed by atoms with Crippen molar-refractivity contribution in [3.05, 3.63) is 93.0 Å². The molecule has 2 N–H and O–H groups in total. The van der Waals surface area contributed by atoms with Crippen molar-refractivity contribution in [3.8, 4) is 70.7 Å². The van der Waals surface area contributed by atoms with Gasteiger partial charge in [0, 0.05) is 105 Å².